The number of esters is 3. The van der Waals surface area contributed by atoms with Gasteiger partial charge in [0.1, 0.15) is 0 Å². The lowest BCUT2D eigenvalue weighted by Crippen LogP contribution is -2.41. The van der Waals surface area contributed by atoms with Crippen molar-refractivity contribution in [2.24, 2.45) is 0 Å². The zero-order chi connectivity index (χ0) is 26.3. The summed E-state index contributed by atoms with van der Waals surface area (Å²) < 4.78 is 19.3. The van der Waals surface area contributed by atoms with Crippen molar-refractivity contribution in [2.45, 2.75) is 38.9 Å². The smallest absolute Gasteiger partial charge is 0.307 e. The maximum absolute atomic E-state index is 11.8. The first kappa shape index (κ1) is 33.2. The van der Waals surface area contributed by atoms with Crippen LogP contribution >= 0.6 is 0 Å². The highest BCUT2D eigenvalue weighted by Gasteiger charge is 2.14. The minimum atomic E-state index is -0.860. The Morgan fingerprint density at radius 1 is 0.714 bits per heavy atom. The molecular formula is C23H46N4O8. The number of rotatable bonds is 23. The number of carbonyl (C=O) groups excluding carboxylic acids is 3. The van der Waals surface area contributed by atoms with Crippen molar-refractivity contribution in [1.82, 2.24) is 20.4 Å². The van der Waals surface area contributed by atoms with E-state index in [1.807, 2.05) is 0 Å². The Morgan fingerprint density at radius 3 is 1.83 bits per heavy atom. The summed E-state index contributed by atoms with van der Waals surface area (Å²) in [7, 11) is 4.20. The van der Waals surface area contributed by atoms with Crippen molar-refractivity contribution in [3.63, 3.8) is 0 Å². The second-order valence-corrected chi connectivity index (χ2v) is 7.87. The second-order valence-electron chi connectivity index (χ2n) is 7.87. The van der Waals surface area contributed by atoms with Crippen LogP contribution in [0.25, 0.3) is 0 Å². The Hall–Kier alpha value is -1.83. The predicted octanol–water partition coefficient (Wildman–Crippen LogP) is -0.796. The average Bonchev–Trinajstić information content (AvgIpc) is 2.86. The summed E-state index contributed by atoms with van der Waals surface area (Å²) >= 11 is 0. The maximum atomic E-state index is 11.8. The third kappa shape index (κ3) is 20.1. The van der Waals surface area contributed by atoms with Gasteiger partial charge in [-0.05, 0) is 6.92 Å². The third-order valence-electron chi connectivity index (χ3n) is 5.31. The van der Waals surface area contributed by atoms with Gasteiger partial charge in [-0.15, -0.1) is 0 Å². The predicted molar refractivity (Wildman–Crippen MR) is 131 cm³/mol. The summed E-state index contributed by atoms with van der Waals surface area (Å²) in [4.78, 5) is 38.8. The van der Waals surface area contributed by atoms with E-state index >= 15 is 0 Å². The van der Waals surface area contributed by atoms with E-state index in [1.165, 1.54) is 21.3 Å². The molecule has 0 bridgehead atoms. The molecule has 0 heterocycles. The van der Waals surface area contributed by atoms with Crippen molar-refractivity contribution in [3.05, 3.63) is 0 Å². The standard InChI is InChI=1S/C23H46N4O8/c1-5-35-23(31)9-16-26(14-7-21(29)33-3)18-19-27(15-8-22(30)34-4)17-13-25-12-11-24-10-6-20(28)32-2/h21,24-25,29H,5-19H2,1-4H3. The van der Waals surface area contributed by atoms with Gasteiger partial charge in [0.2, 0.25) is 0 Å². The van der Waals surface area contributed by atoms with E-state index in [-0.39, 0.29) is 30.7 Å². The lowest BCUT2D eigenvalue weighted by molar-refractivity contribution is -0.144. The molecule has 0 aromatic carbocycles. The van der Waals surface area contributed by atoms with E-state index < -0.39 is 6.29 Å². The molecule has 0 radical (unpaired) electrons. The Balaban J connectivity index is 4.58. The monoisotopic (exact) mass is 506 g/mol. The molecule has 0 amide bonds. The lowest BCUT2D eigenvalue weighted by Gasteiger charge is -2.28. The zero-order valence-electron chi connectivity index (χ0n) is 21.9. The number of aliphatic hydroxyl groups excluding tert-OH is 1. The zero-order valence-corrected chi connectivity index (χ0v) is 21.9. The van der Waals surface area contributed by atoms with Crippen molar-refractivity contribution in [3.8, 4) is 0 Å². The summed E-state index contributed by atoms with van der Waals surface area (Å²) in [6, 6.07) is 0. The van der Waals surface area contributed by atoms with Crippen LogP contribution in [0.4, 0.5) is 0 Å². The SMILES string of the molecule is CCOC(=O)CCN(CCC(O)OC)CCN(CCNCCNCCC(=O)OC)CCC(=O)OC. The van der Waals surface area contributed by atoms with Crippen molar-refractivity contribution >= 4 is 17.9 Å². The first-order valence-electron chi connectivity index (χ1n) is 12.2. The van der Waals surface area contributed by atoms with Crippen LogP contribution in [-0.2, 0) is 33.3 Å². The Bertz CT molecular complexity index is 568. The van der Waals surface area contributed by atoms with Crippen LogP contribution in [0.2, 0.25) is 0 Å². The molecule has 0 aliphatic heterocycles. The second kappa shape index (κ2) is 22.6. The molecule has 0 spiro atoms. The van der Waals surface area contributed by atoms with Crippen LogP contribution < -0.4 is 10.6 Å². The summed E-state index contributed by atoms with van der Waals surface area (Å²) in [5.41, 5.74) is 0. The summed E-state index contributed by atoms with van der Waals surface area (Å²) in [6.45, 7) is 8.58. The molecule has 0 aromatic heterocycles. The van der Waals surface area contributed by atoms with Gasteiger partial charge in [-0.1, -0.05) is 0 Å². The summed E-state index contributed by atoms with van der Waals surface area (Å²) in [5.74, 6) is -0.753. The molecule has 35 heavy (non-hydrogen) atoms. The molecule has 1 unspecified atom stereocenters. The van der Waals surface area contributed by atoms with E-state index in [0.29, 0.717) is 58.7 Å². The van der Waals surface area contributed by atoms with Crippen LogP contribution in [0.5, 0.6) is 0 Å². The molecule has 206 valence electrons. The van der Waals surface area contributed by atoms with Gasteiger partial charge in [0.25, 0.3) is 0 Å². The van der Waals surface area contributed by atoms with E-state index in [2.05, 4.69) is 25.2 Å². The van der Waals surface area contributed by atoms with Crippen molar-refractivity contribution in [2.75, 3.05) is 93.4 Å². The van der Waals surface area contributed by atoms with Crippen LogP contribution in [-0.4, -0.2) is 132 Å². The third-order valence-corrected chi connectivity index (χ3v) is 5.31. The maximum Gasteiger partial charge on any atom is 0.307 e. The van der Waals surface area contributed by atoms with Crippen molar-refractivity contribution < 1.29 is 38.4 Å². The number of ether oxygens (including phenoxy) is 4. The van der Waals surface area contributed by atoms with Gasteiger partial charge >= 0.3 is 17.9 Å². The minimum Gasteiger partial charge on any atom is -0.469 e. The molecule has 1 atom stereocenters. The highest BCUT2D eigenvalue weighted by molar-refractivity contribution is 5.70. The normalized spacial score (nSPS) is 12.1. The number of hydrogen-bond acceptors (Lipinski definition) is 12. The number of hydrogen-bond donors (Lipinski definition) is 3. The van der Waals surface area contributed by atoms with Gasteiger partial charge in [0.15, 0.2) is 6.29 Å². The summed E-state index contributed by atoms with van der Waals surface area (Å²) in [5, 5.41) is 16.3. The Morgan fingerprint density at radius 2 is 1.26 bits per heavy atom. The fraction of sp³-hybridized carbons (Fsp3) is 0.870. The van der Waals surface area contributed by atoms with Gasteiger partial charge < -0.3 is 44.5 Å². The van der Waals surface area contributed by atoms with E-state index in [9.17, 15) is 19.5 Å². The van der Waals surface area contributed by atoms with Gasteiger partial charge in [-0.2, -0.15) is 0 Å². The topological polar surface area (TPSA) is 139 Å². The van der Waals surface area contributed by atoms with Gasteiger partial charge in [-0.3, -0.25) is 14.4 Å². The molecule has 12 heteroatoms. The van der Waals surface area contributed by atoms with E-state index in [1.54, 1.807) is 6.92 Å². The average molecular weight is 507 g/mol. The van der Waals surface area contributed by atoms with Crippen LogP contribution in [0.3, 0.4) is 0 Å². The first-order valence-corrected chi connectivity index (χ1v) is 12.2. The molecule has 0 rings (SSSR count). The molecule has 0 saturated carbocycles. The minimum absolute atomic E-state index is 0.236. The highest BCUT2D eigenvalue weighted by Crippen LogP contribution is 2.02. The molecule has 0 aromatic rings. The molecule has 3 N–H and O–H groups in total. The first-order chi connectivity index (χ1) is 16.9. The van der Waals surface area contributed by atoms with Crippen LogP contribution in [0, 0.1) is 0 Å². The van der Waals surface area contributed by atoms with Gasteiger partial charge in [0.05, 0.1) is 40.1 Å². The molecule has 0 fully saturated rings. The van der Waals surface area contributed by atoms with E-state index in [4.69, 9.17) is 14.2 Å². The van der Waals surface area contributed by atoms with Gasteiger partial charge in [-0.25, -0.2) is 0 Å². The highest BCUT2D eigenvalue weighted by atomic mass is 16.6. The largest absolute Gasteiger partial charge is 0.469 e. The number of nitrogens with one attached hydrogen (secondary N) is 2. The van der Waals surface area contributed by atoms with Crippen LogP contribution in [0.1, 0.15) is 32.6 Å². The summed E-state index contributed by atoms with van der Waals surface area (Å²) in [6.07, 6.45) is 0.458. The lowest BCUT2D eigenvalue weighted by atomic mass is 10.3. The molecule has 12 nitrogen and oxygen atoms in total. The van der Waals surface area contributed by atoms with Crippen LogP contribution in [0.15, 0.2) is 0 Å². The quantitative estimate of drug-likeness (QED) is 0.0692. The number of aliphatic hydroxyl groups is 1. The van der Waals surface area contributed by atoms with Gasteiger partial charge in [0, 0.05) is 79.0 Å². The fourth-order valence-electron chi connectivity index (χ4n) is 3.16. The molecule has 0 aliphatic carbocycles. The molecule has 0 aliphatic rings. The van der Waals surface area contributed by atoms with E-state index in [0.717, 1.165) is 26.2 Å². The Kier molecular flexibility index (Phi) is 21.4. The number of carbonyl (C=O) groups is 3. The molecular weight excluding hydrogens is 460 g/mol. The van der Waals surface area contributed by atoms with Crippen molar-refractivity contribution in [1.29, 1.82) is 0 Å². The number of methoxy groups -OCH3 is 3. The number of nitrogens with zero attached hydrogens (tertiary/aromatic N) is 2. The Labute approximate surface area is 209 Å². The molecule has 0 saturated heterocycles. The fourth-order valence-corrected chi connectivity index (χ4v) is 3.16.